The van der Waals surface area contributed by atoms with Crippen molar-refractivity contribution in [3.8, 4) is 10.4 Å². The number of thiophene rings is 1. The van der Waals surface area contributed by atoms with Crippen molar-refractivity contribution < 1.29 is 5.11 Å². The van der Waals surface area contributed by atoms with E-state index in [1.807, 2.05) is 6.20 Å². The lowest BCUT2D eigenvalue weighted by Crippen LogP contribution is -2.17. The third-order valence-corrected chi connectivity index (χ3v) is 4.63. The van der Waals surface area contributed by atoms with Gasteiger partial charge in [-0.15, -0.1) is 11.3 Å². The maximum absolute atomic E-state index is 9.52. The van der Waals surface area contributed by atoms with Crippen LogP contribution in [0.15, 0.2) is 35.8 Å². The van der Waals surface area contributed by atoms with E-state index < -0.39 is 0 Å². The minimum atomic E-state index is -0.0911. The van der Waals surface area contributed by atoms with Crippen LogP contribution in [0.2, 0.25) is 0 Å². The molecule has 1 aliphatic rings. The molecular formula is C15H17NOS. The van der Waals surface area contributed by atoms with Crippen LogP contribution in [0, 0.1) is 0 Å². The van der Waals surface area contributed by atoms with Gasteiger partial charge in [0.2, 0.25) is 0 Å². The Balaban J connectivity index is 1.75. The number of rotatable bonds is 2. The van der Waals surface area contributed by atoms with Crippen LogP contribution in [0.1, 0.15) is 37.3 Å². The molecule has 0 radical (unpaired) electrons. The van der Waals surface area contributed by atoms with Gasteiger partial charge in [0.05, 0.1) is 6.10 Å². The van der Waals surface area contributed by atoms with E-state index in [-0.39, 0.29) is 6.10 Å². The van der Waals surface area contributed by atoms with Crippen LogP contribution in [0.25, 0.3) is 10.4 Å². The molecule has 0 amide bonds. The van der Waals surface area contributed by atoms with Gasteiger partial charge < -0.3 is 5.11 Å². The maximum Gasteiger partial charge on any atom is 0.0540 e. The largest absolute Gasteiger partial charge is 0.393 e. The van der Waals surface area contributed by atoms with Gasteiger partial charge in [0.15, 0.2) is 0 Å². The molecule has 2 nitrogen and oxygen atoms in total. The molecule has 0 saturated heterocycles. The van der Waals surface area contributed by atoms with E-state index in [9.17, 15) is 5.11 Å². The van der Waals surface area contributed by atoms with Crippen molar-refractivity contribution in [3.63, 3.8) is 0 Å². The van der Waals surface area contributed by atoms with Crippen LogP contribution in [-0.2, 0) is 0 Å². The minimum absolute atomic E-state index is 0.0911. The van der Waals surface area contributed by atoms with Crippen LogP contribution in [0.5, 0.6) is 0 Å². The zero-order valence-corrected chi connectivity index (χ0v) is 11.1. The number of aliphatic hydroxyl groups is 1. The Labute approximate surface area is 111 Å². The second-order valence-electron chi connectivity index (χ2n) is 4.95. The summed E-state index contributed by atoms with van der Waals surface area (Å²) in [6.45, 7) is 0. The fraction of sp³-hybridized carbons (Fsp3) is 0.400. The van der Waals surface area contributed by atoms with Crippen molar-refractivity contribution in [2.45, 2.75) is 37.7 Å². The fourth-order valence-corrected chi connectivity index (χ4v) is 3.32. The van der Waals surface area contributed by atoms with E-state index in [4.69, 9.17) is 0 Å². The Morgan fingerprint density at radius 1 is 1.11 bits per heavy atom. The molecule has 18 heavy (non-hydrogen) atoms. The first-order chi connectivity index (χ1) is 8.83. The molecule has 0 atom stereocenters. The summed E-state index contributed by atoms with van der Waals surface area (Å²) in [6, 6.07) is 8.51. The second kappa shape index (κ2) is 5.21. The zero-order valence-electron chi connectivity index (χ0n) is 10.2. The van der Waals surface area contributed by atoms with Gasteiger partial charge in [0, 0.05) is 28.2 Å². The highest BCUT2D eigenvalue weighted by Crippen LogP contribution is 2.32. The first-order valence-corrected chi connectivity index (χ1v) is 7.39. The summed E-state index contributed by atoms with van der Waals surface area (Å²) in [4.78, 5) is 5.88. The van der Waals surface area contributed by atoms with Gasteiger partial charge in [-0.25, -0.2) is 0 Å². The number of aromatic nitrogens is 1. The number of hydrogen-bond donors (Lipinski definition) is 1. The van der Waals surface area contributed by atoms with E-state index in [1.165, 1.54) is 16.1 Å². The Morgan fingerprint density at radius 3 is 2.56 bits per heavy atom. The van der Waals surface area contributed by atoms with E-state index in [2.05, 4.69) is 34.6 Å². The molecule has 1 saturated carbocycles. The van der Waals surface area contributed by atoms with Crippen molar-refractivity contribution in [3.05, 3.63) is 41.5 Å². The Morgan fingerprint density at radius 2 is 1.94 bits per heavy atom. The molecule has 0 aliphatic heterocycles. The summed E-state index contributed by atoms with van der Waals surface area (Å²) >= 11 is 1.74. The van der Waals surface area contributed by atoms with E-state index in [0.29, 0.717) is 5.92 Å². The van der Waals surface area contributed by atoms with Crippen LogP contribution < -0.4 is 0 Å². The maximum atomic E-state index is 9.52. The average Bonchev–Trinajstić information content (AvgIpc) is 2.94. The predicted octanol–water partition coefficient (Wildman–Crippen LogP) is 3.83. The summed E-state index contributed by atoms with van der Waals surface area (Å²) in [6.07, 6.45) is 5.84. The minimum Gasteiger partial charge on any atom is -0.393 e. The van der Waals surface area contributed by atoms with Crippen LogP contribution >= 0.6 is 11.3 Å². The molecule has 0 bridgehead atoms. The predicted molar refractivity (Wildman–Crippen MR) is 74.8 cm³/mol. The number of hydrogen-bond acceptors (Lipinski definition) is 3. The summed E-state index contributed by atoms with van der Waals surface area (Å²) in [7, 11) is 0. The molecule has 3 heteroatoms. The highest BCUT2D eigenvalue weighted by atomic mass is 32.1. The van der Waals surface area contributed by atoms with E-state index >= 15 is 0 Å². The zero-order chi connectivity index (χ0) is 12.4. The monoisotopic (exact) mass is 259 g/mol. The topological polar surface area (TPSA) is 33.1 Å². The van der Waals surface area contributed by atoms with Gasteiger partial charge in [-0.1, -0.05) is 12.1 Å². The summed E-state index contributed by atoms with van der Waals surface area (Å²) in [5.74, 6) is 0.533. The van der Waals surface area contributed by atoms with E-state index in [0.717, 1.165) is 25.7 Å². The third-order valence-electron chi connectivity index (χ3n) is 3.71. The third kappa shape index (κ3) is 2.47. The molecule has 94 valence electrons. The molecule has 3 rings (SSSR count). The number of nitrogens with zero attached hydrogens (tertiary/aromatic N) is 1. The lowest BCUT2D eigenvalue weighted by atomic mass is 9.85. The normalized spacial score (nSPS) is 24.1. The van der Waals surface area contributed by atoms with Crippen LogP contribution in [0.3, 0.4) is 0 Å². The van der Waals surface area contributed by atoms with E-state index in [1.54, 1.807) is 11.3 Å². The van der Waals surface area contributed by atoms with Crippen molar-refractivity contribution in [1.82, 2.24) is 4.98 Å². The quantitative estimate of drug-likeness (QED) is 0.889. The van der Waals surface area contributed by atoms with Gasteiger partial charge in [-0.3, -0.25) is 4.98 Å². The van der Waals surface area contributed by atoms with Gasteiger partial charge in [0.25, 0.3) is 0 Å². The van der Waals surface area contributed by atoms with Gasteiger partial charge >= 0.3 is 0 Å². The van der Waals surface area contributed by atoms with Crippen LogP contribution in [-0.4, -0.2) is 16.2 Å². The Kier molecular flexibility index (Phi) is 3.43. The van der Waals surface area contributed by atoms with Crippen molar-refractivity contribution in [1.29, 1.82) is 0 Å². The molecule has 0 aromatic carbocycles. The first-order valence-electron chi connectivity index (χ1n) is 6.51. The molecule has 2 aromatic heterocycles. The van der Waals surface area contributed by atoms with Crippen molar-refractivity contribution in [2.75, 3.05) is 0 Å². The van der Waals surface area contributed by atoms with Gasteiger partial charge in [0.1, 0.15) is 0 Å². The lowest BCUT2D eigenvalue weighted by molar-refractivity contribution is 0.122. The summed E-state index contributed by atoms with van der Waals surface area (Å²) in [5, 5.41) is 11.6. The summed E-state index contributed by atoms with van der Waals surface area (Å²) < 4.78 is 0. The molecule has 1 fully saturated rings. The molecule has 2 aromatic rings. The average molecular weight is 259 g/mol. The Hall–Kier alpha value is -1.19. The fourth-order valence-electron chi connectivity index (χ4n) is 2.61. The SMILES string of the molecule is OC1CCC(c2ccc(-c3cccs3)cn2)CC1. The molecule has 0 spiro atoms. The Bertz CT molecular complexity index is 484. The van der Waals surface area contributed by atoms with Crippen molar-refractivity contribution >= 4 is 11.3 Å². The smallest absolute Gasteiger partial charge is 0.0540 e. The summed E-state index contributed by atoms with van der Waals surface area (Å²) in [5.41, 5.74) is 2.38. The van der Waals surface area contributed by atoms with Crippen molar-refractivity contribution in [2.24, 2.45) is 0 Å². The number of aliphatic hydroxyl groups excluding tert-OH is 1. The second-order valence-corrected chi connectivity index (χ2v) is 5.90. The molecular weight excluding hydrogens is 242 g/mol. The molecule has 1 N–H and O–H groups in total. The standard InChI is InChI=1S/C15H17NOS/c17-13-6-3-11(4-7-13)14-8-5-12(10-16-14)15-2-1-9-18-15/h1-2,5,8-11,13,17H,3-4,6-7H2. The molecule has 1 aliphatic carbocycles. The molecule has 2 heterocycles. The van der Waals surface area contributed by atoms with Gasteiger partial charge in [-0.05, 0) is 43.2 Å². The highest BCUT2D eigenvalue weighted by molar-refractivity contribution is 7.13. The van der Waals surface area contributed by atoms with Crippen LogP contribution in [0.4, 0.5) is 0 Å². The van der Waals surface area contributed by atoms with Gasteiger partial charge in [-0.2, -0.15) is 0 Å². The highest BCUT2D eigenvalue weighted by Gasteiger charge is 2.21. The number of pyridine rings is 1. The lowest BCUT2D eigenvalue weighted by Gasteiger charge is -2.24. The molecule has 0 unspecified atom stereocenters. The first kappa shape index (κ1) is 11.9.